The van der Waals surface area contributed by atoms with Crippen LogP contribution >= 0.6 is 11.6 Å². The number of morpholine rings is 1. The fourth-order valence-corrected chi connectivity index (χ4v) is 2.80. The van der Waals surface area contributed by atoms with Gasteiger partial charge in [0.25, 0.3) is 0 Å². The quantitative estimate of drug-likeness (QED) is 0.867. The topological polar surface area (TPSA) is 68.8 Å². The van der Waals surface area contributed by atoms with Crippen LogP contribution in [0, 0.1) is 0 Å². The molecular weight excluding hydrogens is 308 g/mol. The van der Waals surface area contributed by atoms with Crippen molar-refractivity contribution in [2.24, 2.45) is 0 Å². The number of halogens is 1. The first-order valence-electron chi connectivity index (χ1n) is 7.38. The van der Waals surface area contributed by atoms with E-state index in [-0.39, 0.29) is 11.9 Å². The second kappa shape index (κ2) is 7.17. The standard InChI is InChI=1S/C15H19ClN2O4/c16-12-5-10(6-13-15(12)22-4-3-21-13)8-18-14(19)7-11-9-20-2-1-17-11/h5-6,11,17H,1-4,7-9H2,(H,18,19). The van der Waals surface area contributed by atoms with Crippen LogP contribution in [0.1, 0.15) is 12.0 Å². The molecule has 0 saturated carbocycles. The lowest BCUT2D eigenvalue weighted by Crippen LogP contribution is -2.44. The van der Waals surface area contributed by atoms with E-state index in [1.54, 1.807) is 6.07 Å². The molecule has 1 aromatic carbocycles. The SMILES string of the molecule is O=C(CC1COCCN1)NCc1cc(Cl)c2c(c1)OCCO2. The molecule has 1 atom stereocenters. The van der Waals surface area contributed by atoms with Crippen LogP contribution < -0.4 is 20.1 Å². The molecular formula is C15H19ClN2O4. The van der Waals surface area contributed by atoms with Gasteiger partial charge in [-0.15, -0.1) is 0 Å². The number of hydrogen-bond acceptors (Lipinski definition) is 5. The first-order valence-corrected chi connectivity index (χ1v) is 7.76. The zero-order valence-corrected chi connectivity index (χ0v) is 12.9. The molecule has 2 N–H and O–H groups in total. The third-order valence-corrected chi connectivity index (χ3v) is 3.86. The fraction of sp³-hybridized carbons (Fsp3) is 0.533. The maximum absolute atomic E-state index is 12.0. The molecule has 1 saturated heterocycles. The predicted molar refractivity (Wildman–Crippen MR) is 81.5 cm³/mol. The van der Waals surface area contributed by atoms with Gasteiger partial charge in [0.15, 0.2) is 11.5 Å². The van der Waals surface area contributed by atoms with Crippen LogP contribution in [-0.4, -0.2) is 44.9 Å². The highest BCUT2D eigenvalue weighted by molar-refractivity contribution is 6.32. The number of ether oxygens (including phenoxy) is 3. The Bertz CT molecular complexity index is 547. The molecule has 1 fully saturated rings. The highest BCUT2D eigenvalue weighted by atomic mass is 35.5. The number of nitrogens with one attached hydrogen (secondary N) is 2. The van der Waals surface area contributed by atoms with Gasteiger partial charge < -0.3 is 24.8 Å². The number of rotatable bonds is 4. The van der Waals surface area contributed by atoms with Gasteiger partial charge >= 0.3 is 0 Å². The molecule has 2 heterocycles. The summed E-state index contributed by atoms with van der Waals surface area (Å²) in [6, 6.07) is 3.72. The predicted octanol–water partition coefficient (Wildman–Crippen LogP) is 1.11. The van der Waals surface area contributed by atoms with Gasteiger partial charge in [0.05, 0.1) is 18.2 Å². The third kappa shape index (κ3) is 3.82. The third-order valence-electron chi connectivity index (χ3n) is 3.58. The van der Waals surface area contributed by atoms with Gasteiger partial charge in [-0.2, -0.15) is 0 Å². The molecule has 1 amide bonds. The number of carbonyl (C=O) groups is 1. The van der Waals surface area contributed by atoms with Crippen molar-refractivity contribution in [1.29, 1.82) is 0 Å². The van der Waals surface area contributed by atoms with Crippen molar-refractivity contribution in [3.05, 3.63) is 22.7 Å². The van der Waals surface area contributed by atoms with Gasteiger partial charge in [-0.1, -0.05) is 11.6 Å². The van der Waals surface area contributed by atoms with Crippen molar-refractivity contribution in [3.63, 3.8) is 0 Å². The Morgan fingerprint density at radius 3 is 3.00 bits per heavy atom. The van der Waals surface area contributed by atoms with E-state index in [1.165, 1.54) is 0 Å². The number of hydrogen-bond donors (Lipinski definition) is 2. The Morgan fingerprint density at radius 1 is 1.32 bits per heavy atom. The van der Waals surface area contributed by atoms with E-state index in [2.05, 4.69) is 10.6 Å². The summed E-state index contributed by atoms with van der Waals surface area (Å²) < 4.78 is 16.3. The highest BCUT2D eigenvalue weighted by Crippen LogP contribution is 2.38. The average molecular weight is 327 g/mol. The maximum Gasteiger partial charge on any atom is 0.221 e. The van der Waals surface area contributed by atoms with E-state index in [0.717, 1.165) is 12.1 Å². The van der Waals surface area contributed by atoms with E-state index in [1.807, 2.05) is 6.07 Å². The van der Waals surface area contributed by atoms with Gasteiger partial charge in [-0.25, -0.2) is 0 Å². The van der Waals surface area contributed by atoms with Crippen molar-refractivity contribution in [3.8, 4) is 11.5 Å². The summed E-state index contributed by atoms with van der Waals surface area (Å²) in [5, 5.41) is 6.65. The molecule has 0 aliphatic carbocycles. The summed E-state index contributed by atoms with van der Waals surface area (Å²) in [5.74, 6) is 1.19. The fourth-order valence-electron chi connectivity index (χ4n) is 2.51. The minimum atomic E-state index is -0.0194. The molecule has 6 nitrogen and oxygen atoms in total. The van der Waals surface area contributed by atoms with Crippen molar-refractivity contribution >= 4 is 17.5 Å². The summed E-state index contributed by atoms with van der Waals surface area (Å²) in [5.41, 5.74) is 0.885. The van der Waals surface area contributed by atoms with Crippen LogP contribution in [0.5, 0.6) is 11.5 Å². The van der Waals surface area contributed by atoms with Crippen molar-refractivity contribution in [2.45, 2.75) is 19.0 Å². The number of amides is 1. The van der Waals surface area contributed by atoms with Crippen LogP contribution in [0.2, 0.25) is 5.02 Å². The zero-order valence-electron chi connectivity index (χ0n) is 12.2. The smallest absolute Gasteiger partial charge is 0.221 e. The lowest BCUT2D eigenvalue weighted by atomic mass is 10.1. The molecule has 0 spiro atoms. The monoisotopic (exact) mass is 326 g/mol. The summed E-state index contributed by atoms with van der Waals surface area (Å²) in [7, 11) is 0. The maximum atomic E-state index is 12.0. The largest absolute Gasteiger partial charge is 0.486 e. The van der Waals surface area contributed by atoms with E-state index >= 15 is 0 Å². The normalized spacial score (nSPS) is 20.5. The Balaban J connectivity index is 1.54. The molecule has 2 aliphatic heterocycles. The van der Waals surface area contributed by atoms with Crippen LogP contribution in [0.4, 0.5) is 0 Å². The van der Waals surface area contributed by atoms with Crippen LogP contribution in [0.3, 0.4) is 0 Å². The zero-order chi connectivity index (χ0) is 15.4. The van der Waals surface area contributed by atoms with Crippen molar-refractivity contribution in [1.82, 2.24) is 10.6 Å². The molecule has 0 aromatic heterocycles. The summed E-state index contributed by atoms with van der Waals surface area (Å²) in [6.45, 7) is 3.47. The lowest BCUT2D eigenvalue weighted by Gasteiger charge is -2.23. The Labute approximate surface area is 134 Å². The highest BCUT2D eigenvalue weighted by Gasteiger charge is 2.18. The number of carbonyl (C=O) groups excluding carboxylic acids is 1. The van der Waals surface area contributed by atoms with E-state index < -0.39 is 0 Å². The minimum absolute atomic E-state index is 0.0194. The second-order valence-electron chi connectivity index (χ2n) is 5.31. The Hall–Kier alpha value is -1.50. The van der Waals surface area contributed by atoms with E-state index in [0.29, 0.717) is 55.9 Å². The van der Waals surface area contributed by atoms with E-state index in [4.69, 9.17) is 25.8 Å². The van der Waals surface area contributed by atoms with Crippen molar-refractivity contribution in [2.75, 3.05) is 33.0 Å². The molecule has 0 bridgehead atoms. The molecule has 1 unspecified atom stereocenters. The number of fused-ring (bicyclic) bond motifs is 1. The van der Waals surface area contributed by atoms with Gasteiger partial charge in [0, 0.05) is 25.6 Å². The molecule has 1 aromatic rings. The first kappa shape index (κ1) is 15.4. The first-order chi connectivity index (χ1) is 10.7. The van der Waals surface area contributed by atoms with Crippen molar-refractivity contribution < 1.29 is 19.0 Å². The lowest BCUT2D eigenvalue weighted by molar-refractivity contribution is -0.122. The van der Waals surface area contributed by atoms with Crippen LogP contribution in [-0.2, 0) is 16.1 Å². The molecule has 22 heavy (non-hydrogen) atoms. The van der Waals surface area contributed by atoms with Gasteiger partial charge in [0.1, 0.15) is 13.2 Å². The van der Waals surface area contributed by atoms with Gasteiger partial charge in [0.2, 0.25) is 5.91 Å². The molecule has 3 rings (SSSR count). The summed E-state index contributed by atoms with van der Waals surface area (Å²) >= 11 is 6.17. The molecule has 0 radical (unpaired) electrons. The van der Waals surface area contributed by atoms with Gasteiger partial charge in [-0.3, -0.25) is 4.79 Å². The summed E-state index contributed by atoms with van der Waals surface area (Å²) in [6.07, 6.45) is 0.401. The molecule has 7 heteroatoms. The van der Waals surface area contributed by atoms with Crippen LogP contribution in [0.25, 0.3) is 0 Å². The molecule has 2 aliphatic rings. The van der Waals surface area contributed by atoms with Crippen LogP contribution in [0.15, 0.2) is 12.1 Å². The van der Waals surface area contributed by atoms with Gasteiger partial charge in [-0.05, 0) is 17.7 Å². The van der Waals surface area contributed by atoms with E-state index in [9.17, 15) is 4.79 Å². The summed E-state index contributed by atoms with van der Waals surface area (Å²) in [4.78, 5) is 12.0. The number of benzene rings is 1. The Morgan fingerprint density at radius 2 is 2.18 bits per heavy atom. The molecule has 120 valence electrons. The minimum Gasteiger partial charge on any atom is -0.486 e. The average Bonchev–Trinajstić information content (AvgIpc) is 2.54. The Kier molecular flexibility index (Phi) is 5.02. The second-order valence-corrected chi connectivity index (χ2v) is 5.72.